The smallest absolute Gasteiger partial charge is 0.194 e. The molecule has 0 saturated heterocycles. The van der Waals surface area contributed by atoms with Gasteiger partial charge in [0.1, 0.15) is 5.75 Å². The van der Waals surface area contributed by atoms with Crippen LogP contribution in [-0.4, -0.2) is 23.1 Å². The van der Waals surface area contributed by atoms with Crippen molar-refractivity contribution >= 4 is 0 Å². The van der Waals surface area contributed by atoms with Crippen LogP contribution in [0.4, 0.5) is 0 Å². The van der Waals surface area contributed by atoms with Crippen LogP contribution in [0.2, 0.25) is 0 Å². The second-order valence-corrected chi connectivity index (χ2v) is 2.35. The first kappa shape index (κ1) is 11.9. The summed E-state index contributed by atoms with van der Waals surface area (Å²) < 4.78 is 4.97. The Kier molecular flexibility index (Phi) is 6.96. The molecule has 0 amide bonds. The largest absolute Gasteiger partial charge is 0.465 e. The first-order valence-electron chi connectivity index (χ1n) is 4.21. The molecular weight excluding hydrogens is 168 g/mol. The van der Waals surface area contributed by atoms with Crippen LogP contribution >= 0.6 is 0 Å². The highest BCUT2D eigenvalue weighted by atomic mass is 16.6. The average molecular weight is 184 g/mol. The quantitative estimate of drug-likeness (QED) is 0.683. The minimum atomic E-state index is -0.734. The number of aliphatic hydroxyl groups is 2. The maximum atomic E-state index is 8.78. The summed E-state index contributed by atoms with van der Waals surface area (Å²) in [5.41, 5.74) is 0. The molecule has 1 rings (SSSR count). The fourth-order valence-corrected chi connectivity index (χ4v) is 0.696. The van der Waals surface area contributed by atoms with Crippen molar-refractivity contribution in [1.82, 2.24) is 0 Å². The van der Waals surface area contributed by atoms with Crippen molar-refractivity contribution in [2.24, 2.45) is 0 Å². The number of hydrogen-bond donors (Lipinski definition) is 2. The monoisotopic (exact) mass is 184 g/mol. The van der Waals surface area contributed by atoms with Gasteiger partial charge in [-0.25, -0.2) is 0 Å². The molecule has 0 fully saturated rings. The van der Waals surface area contributed by atoms with E-state index < -0.39 is 6.29 Å². The number of ether oxygens (including phenoxy) is 1. The van der Waals surface area contributed by atoms with Gasteiger partial charge in [0.2, 0.25) is 0 Å². The van der Waals surface area contributed by atoms with Gasteiger partial charge >= 0.3 is 0 Å². The lowest BCUT2D eigenvalue weighted by Gasteiger charge is -2.06. The highest BCUT2D eigenvalue weighted by molar-refractivity contribution is 5.20. The van der Waals surface area contributed by atoms with Gasteiger partial charge in [-0.3, -0.25) is 0 Å². The van der Waals surface area contributed by atoms with Crippen LogP contribution in [0.3, 0.4) is 0 Å². The first-order valence-corrected chi connectivity index (χ1v) is 4.21. The molecule has 0 bridgehead atoms. The number of hydrogen-bond acceptors (Lipinski definition) is 3. The summed E-state index contributed by atoms with van der Waals surface area (Å²) >= 11 is 0. The fourth-order valence-electron chi connectivity index (χ4n) is 0.696. The summed E-state index contributed by atoms with van der Waals surface area (Å²) in [6.45, 7) is 3.51. The Morgan fingerprint density at radius 2 is 1.77 bits per heavy atom. The van der Waals surface area contributed by atoms with Gasteiger partial charge in [-0.1, -0.05) is 18.2 Å². The third kappa shape index (κ3) is 7.31. The van der Waals surface area contributed by atoms with E-state index in [2.05, 4.69) is 0 Å². The first-order chi connectivity index (χ1) is 6.20. The SMILES string of the molecule is CC(O)Oc1ccccc1.CCO. The van der Waals surface area contributed by atoms with Crippen LogP contribution < -0.4 is 4.74 Å². The lowest BCUT2D eigenvalue weighted by molar-refractivity contribution is -0.000287. The molecule has 1 aromatic rings. The molecule has 3 nitrogen and oxygen atoms in total. The molecule has 2 N–H and O–H groups in total. The predicted molar refractivity (Wildman–Crippen MR) is 51.5 cm³/mol. The Hall–Kier alpha value is -1.06. The van der Waals surface area contributed by atoms with E-state index in [-0.39, 0.29) is 6.61 Å². The summed E-state index contributed by atoms with van der Waals surface area (Å²) in [7, 11) is 0. The molecule has 0 saturated carbocycles. The van der Waals surface area contributed by atoms with Gasteiger partial charge in [0.25, 0.3) is 0 Å². The molecule has 0 spiro atoms. The Bertz CT molecular complexity index is 197. The molecule has 0 radical (unpaired) electrons. The predicted octanol–water partition coefficient (Wildman–Crippen LogP) is 1.40. The summed E-state index contributed by atoms with van der Waals surface area (Å²) in [5, 5.41) is 16.4. The van der Waals surface area contributed by atoms with Gasteiger partial charge in [0.05, 0.1) is 0 Å². The molecule has 0 aliphatic rings. The van der Waals surface area contributed by atoms with Crippen molar-refractivity contribution in [3.05, 3.63) is 30.3 Å². The van der Waals surface area contributed by atoms with E-state index in [1.807, 2.05) is 18.2 Å². The third-order valence-corrected chi connectivity index (χ3v) is 1.05. The van der Waals surface area contributed by atoms with Crippen LogP contribution in [0.5, 0.6) is 5.75 Å². The van der Waals surface area contributed by atoms with Gasteiger partial charge in [-0.05, 0) is 26.0 Å². The number of para-hydroxylation sites is 1. The molecule has 3 heteroatoms. The fraction of sp³-hybridized carbons (Fsp3) is 0.400. The summed E-state index contributed by atoms with van der Waals surface area (Å²) in [4.78, 5) is 0. The van der Waals surface area contributed by atoms with E-state index in [1.54, 1.807) is 26.0 Å². The minimum absolute atomic E-state index is 0.250. The standard InChI is InChI=1S/C8H10O2.C2H6O/c1-7(9)10-8-5-3-2-4-6-8;1-2-3/h2-7,9H,1H3;3H,2H2,1H3. The van der Waals surface area contributed by atoms with Gasteiger partial charge in [-0.15, -0.1) is 0 Å². The Labute approximate surface area is 78.6 Å². The van der Waals surface area contributed by atoms with E-state index in [4.69, 9.17) is 14.9 Å². The van der Waals surface area contributed by atoms with Crippen LogP contribution in [0.1, 0.15) is 13.8 Å². The highest BCUT2D eigenvalue weighted by Gasteiger charge is 1.94. The molecule has 0 aromatic heterocycles. The van der Waals surface area contributed by atoms with Crippen molar-refractivity contribution in [2.45, 2.75) is 20.1 Å². The van der Waals surface area contributed by atoms with Gasteiger partial charge < -0.3 is 14.9 Å². The van der Waals surface area contributed by atoms with Crippen LogP contribution in [0.15, 0.2) is 30.3 Å². The average Bonchev–Trinajstić information content (AvgIpc) is 2.06. The van der Waals surface area contributed by atoms with Crippen molar-refractivity contribution in [2.75, 3.05) is 6.61 Å². The second kappa shape index (κ2) is 7.58. The molecule has 74 valence electrons. The summed E-state index contributed by atoms with van der Waals surface area (Å²) in [6.07, 6.45) is -0.734. The Balaban J connectivity index is 0.000000424. The van der Waals surface area contributed by atoms with Crippen molar-refractivity contribution in [1.29, 1.82) is 0 Å². The van der Waals surface area contributed by atoms with E-state index in [9.17, 15) is 0 Å². The zero-order chi connectivity index (χ0) is 10.1. The van der Waals surface area contributed by atoms with E-state index in [1.165, 1.54) is 0 Å². The molecular formula is C10H16O3. The summed E-state index contributed by atoms with van der Waals surface area (Å²) in [6, 6.07) is 9.21. The zero-order valence-electron chi connectivity index (χ0n) is 7.97. The van der Waals surface area contributed by atoms with E-state index in [0.717, 1.165) is 0 Å². The molecule has 1 atom stereocenters. The lowest BCUT2D eigenvalue weighted by Crippen LogP contribution is -2.08. The van der Waals surface area contributed by atoms with Crippen LogP contribution in [0, 0.1) is 0 Å². The number of rotatable bonds is 2. The van der Waals surface area contributed by atoms with Gasteiger partial charge in [0, 0.05) is 6.61 Å². The van der Waals surface area contributed by atoms with Gasteiger partial charge in [0.15, 0.2) is 6.29 Å². The van der Waals surface area contributed by atoms with Crippen molar-refractivity contribution < 1.29 is 14.9 Å². The lowest BCUT2D eigenvalue weighted by atomic mass is 10.3. The number of benzene rings is 1. The van der Waals surface area contributed by atoms with Crippen LogP contribution in [-0.2, 0) is 0 Å². The maximum Gasteiger partial charge on any atom is 0.194 e. The topological polar surface area (TPSA) is 49.7 Å². The molecule has 0 aliphatic heterocycles. The zero-order valence-corrected chi connectivity index (χ0v) is 7.97. The van der Waals surface area contributed by atoms with E-state index >= 15 is 0 Å². The normalized spacial score (nSPS) is 11.1. The van der Waals surface area contributed by atoms with Crippen molar-refractivity contribution in [3.8, 4) is 5.75 Å². The molecule has 1 aromatic carbocycles. The molecule has 1 unspecified atom stereocenters. The second-order valence-electron chi connectivity index (χ2n) is 2.35. The Morgan fingerprint density at radius 3 is 2.15 bits per heavy atom. The highest BCUT2D eigenvalue weighted by Crippen LogP contribution is 2.08. The minimum Gasteiger partial charge on any atom is -0.465 e. The number of aliphatic hydroxyl groups excluding tert-OH is 2. The molecule has 13 heavy (non-hydrogen) atoms. The third-order valence-electron chi connectivity index (χ3n) is 1.05. The summed E-state index contributed by atoms with van der Waals surface area (Å²) in [5.74, 6) is 0.692. The molecule has 0 aliphatic carbocycles. The molecule has 0 heterocycles. The van der Waals surface area contributed by atoms with Crippen molar-refractivity contribution in [3.63, 3.8) is 0 Å². The maximum absolute atomic E-state index is 8.78. The Morgan fingerprint density at radius 1 is 1.31 bits per heavy atom. The van der Waals surface area contributed by atoms with Gasteiger partial charge in [-0.2, -0.15) is 0 Å². The van der Waals surface area contributed by atoms with Crippen LogP contribution in [0.25, 0.3) is 0 Å². The van der Waals surface area contributed by atoms with E-state index in [0.29, 0.717) is 5.75 Å².